The number of carbonyl (C=O) groups excluding carboxylic acids is 1. The van der Waals surface area contributed by atoms with Crippen LogP contribution in [0.3, 0.4) is 0 Å². The van der Waals surface area contributed by atoms with Crippen LogP contribution in [0, 0.1) is 11.3 Å². The molecule has 0 radical (unpaired) electrons. The van der Waals surface area contributed by atoms with Crippen molar-refractivity contribution in [2.75, 3.05) is 5.32 Å². The quantitative estimate of drug-likeness (QED) is 0.516. The predicted octanol–water partition coefficient (Wildman–Crippen LogP) is 3.65. The van der Waals surface area contributed by atoms with E-state index in [-0.39, 0.29) is 11.3 Å². The van der Waals surface area contributed by atoms with Gasteiger partial charge < -0.3 is 10.4 Å². The summed E-state index contributed by atoms with van der Waals surface area (Å²) in [6, 6.07) is 11.3. The molecule has 1 aromatic heterocycles. The summed E-state index contributed by atoms with van der Waals surface area (Å²) in [4.78, 5) is 12.7. The summed E-state index contributed by atoms with van der Waals surface area (Å²) in [6.07, 6.45) is 1.48. The number of rotatable bonds is 3. The third-order valence-electron chi connectivity index (χ3n) is 2.37. The fraction of sp³-hybridized carbons (Fsp3) is 0. The van der Waals surface area contributed by atoms with Crippen molar-refractivity contribution in [3.8, 4) is 11.8 Å². The minimum atomic E-state index is -0.511. The van der Waals surface area contributed by atoms with E-state index in [1.165, 1.54) is 29.5 Å². The second kappa shape index (κ2) is 6.24. The molecule has 1 heterocycles. The van der Waals surface area contributed by atoms with Gasteiger partial charge in [-0.2, -0.15) is 5.26 Å². The van der Waals surface area contributed by atoms with E-state index >= 15 is 0 Å². The van der Waals surface area contributed by atoms with Crippen molar-refractivity contribution in [3.05, 3.63) is 51.2 Å². The first-order valence-corrected chi connectivity index (χ1v) is 6.75. The van der Waals surface area contributed by atoms with Crippen LogP contribution in [-0.2, 0) is 4.79 Å². The van der Waals surface area contributed by atoms with E-state index in [1.807, 2.05) is 6.07 Å². The molecule has 0 aliphatic rings. The highest BCUT2D eigenvalue weighted by Crippen LogP contribution is 2.24. The Labute approximate surface area is 124 Å². The molecule has 0 aliphatic heterocycles. The van der Waals surface area contributed by atoms with E-state index in [2.05, 4.69) is 5.32 Å². The molecule has 0 spiro atoms. The zero-order valence-corrected chi connectivity index (χ0v) is 11.7. The standard InChI is InChI=1S/C14H9ClN2O2S/c15-13-6-5-12(20-13)7-9(8-16)14(19)17-10-1-3-11(18)4-2-10/h1-7,18H,(H,17,19). The van der Waals surface area contributed by atoms with Crippen LogP contribution >= 0.6 is 22.9 Å². The van der Waals surface area contributed by atoms with Gasteiger partial charge in [0, 0.05) is 10.6 Å². The monoisotopic (exact) mass is 304 g/mol. The maximum absolute atomic E-state index is 11.9. The predicted molar refractivity (Wildman–Crippen MR) is 79.7 cm³/mol. The second-order valence-corrected chi connectivity index (χ2v) is 5.56. The molecule has 6 heteroatoms. The van der Waals surface area contributed by atoms with Crippen LogP contribution in [0.25, 0.3) is 6.08 Å². The number of hydrogen-bond donors (Lipinski definition) is 2. The number of aromatic hydroxyl groups is 1. The minimum Gasteiger partial charge on any atom is -0.508 e. The average Bonchev–Trinajstić information content (AvgIpc) is 2.84. The van der Waals surface area contributed by atoms with Crippen molar-refractivity contribution in [2.45, 2.75) is 0 Å². The summed E-state index contributed by atoms with van der Waals surface area (Å²) in [5, 5.41) is 20.8. The number of phenolic OH excluding ortho intramolecular Hbond substituents is 1. The molecule has 0 aliphatic carbocycles. The normalized spacial score (nSPS) is 10.9. The number of thiophene rings is 1. The molecule has 2 rings (SSSR count). The maximum atomic E-state index is 11.9. The lowest BCUT2D eigenvalue weighted by Crippen LogP contribution is -2.13. The maximum Gasteiger partial charge on any atom is 0.266 e. The van der Waals surface area contributed by atoms with Crippen molar-refractivity contribution in [1.29, 1.82) is 5.26 Å². The van der Waals surface area contributed by atoms with Gasteiger partial charge in [0.15, 0.2) is 0 Å². The summed E-state index contributed by atoms with van der Waals surface area (Å²) >= 11 is 7.08. The fourth-order valence-corrected chi connectivity index (χ4v) is 2.44. The lowest BCUT2D eigenvalue weighted by Gasteiger charge is -2.03. The van der Waals surface area contributed by atoms with Gasteiger partial charge in [0.1, 0.15) is 17.4 Å². The van der Waals surface area contributed by atoms with E-state index in [9.17, 15) is 4.79 Å². The Balaban J connectivity index is 2.16. The van der Waals surface area contributed by atoms with E-state index in [0.29, 0.717) is 10.0 Å². The van der Waals surface area contributed by atoms with Gasteiger partial charge in [-0.1, -0.05) is 11.6 Å². The van der Waals surface area contributed by atoms with Crippen LogP contribution in [0.2, 0.25) is 4.34 Å². The molecule has 0 saturated heterocycles. The Morgan fingerprint density at radius 3 is 2.55 bits per heavy atom. The third kappa shape index (κ3) is 3.60. The molecule has 2 aromatic rings. The van der Waals surface area contributed by atoms with Crippen LogP contribution < -0.4 is 5.32 Å². The number of carbonyl (C=O) groups is 1. The Morgan fingerprint density at radius 1 is 1.30 bits per heavy atom. The Morgan fingerprint density at radius 2 is 2.00 bits per heavy atom. The molecule has 1 amide bonds. The molecule has 0 unspecified atom stereocenters. The van der Waals surface area contributed by atoms with E-state index < -0.39 is 5.91 Å². The van der Waals surface area contributed by atoms with Crippen molar-refractivity contribution >= 4 is 40.6 Å². The van der Waals surface area contributed by atoms with Gasteiger partial charge in [0.2, 0.25) is 0 Å². The lowest BCUT2D eigenvalue weighted by atomic mass is 10.2. The van der Waals surface area contributed by atoms with E-state index in [1.54, 1.807) is 24.3 Å². The van der Waals surface area contributed by atoms with Gasteiger partial charge >= 0.3 is 0 Å². The SMILES string of the molecule is N#CC(=Cc1ccc(Cl)s1)C(=O)Nc1ccc(O)cc1. The minimum absolute atomic E-state index is 0.0170. The zero-order valence-electron chi connectivity index (χ0n) is 10.1. The molecule has 0 fully saturated rings. The summed E-state index contributed by atoms with van der Waals surface area (Å²) in [6.45, 7) is 0. The van der Waals surface area contributed by atoms with Crippen molar-refractivity contribution in [2.24, 2.45) is 0 Å². The van der Waals surface area contributed by atoms with Crippen LogP contribution in [-0.4, -0.2) is 11.0 Å². The van der Waals surface area contributed by atoms with Crippen LogP contribution in [0.15, 0.2) is 42.0 Å². The molecule has 4 nitrogen and oxygen atoms in total. The molecule has 0 bridgehead atoms. The highest BCUT2D eigenvalue weighted by Gasteiger charge is 2.10. The number of phenols is 1. The lowest BCUT2D eigenvalue weighted by molar-refractivity contribution is -0.112. The summed E-state index contributed by atoms with van der Waals surface area (Å²) in [7, 11) is 0. The number of hydrogen-bond acceptors (Lipinski definition) is 4. The second-order valence-electron chi connectivity index (χ2n) is 3.81. The average molecular weight is 305 g/mol. The Bertz CT molecular complexity index is 699. The van der Waals surface area contributed by atoms with Crippen LogP contribution in [0.1, 0.15) is 4.88 Å². The summed E-state index contributed by atoms with van der Waals surface area (Å²) in [5.41, 5.74) is 0.481. The highest BCUT2D eigenvalue weighted by atomic mass is 35.5. The summed E-state index contributed by atoms with van der Waals surface area (Å²) in [5.74, 6) is -0.407. The van der Waals surface area contributed by atoms with E-state index in [4.69, 9.17) is 22.0 Å². The molecule has 100 valence electrons. The van der Waals surface area contributed by atoms with Gasteiger partial charge in [-0.05, 0) is 42.5 Å². The number of halogens is 1. The van der Waals surface area contributed by atoms with Crippen molar-refractivity contribution < 1.29 is 9.90 Å². The summed E-state index contributed by atoms with van der Waals surface area (Å²) < 4.78 is 0.590. The number of anilines is 1. The third-order valence-corrected chi connectivity index (χ3v) is 3.55. The zero-order chi connectivity index (χ0) is 14.5. The Kier molecular flexibility index (Phi) is 4.41. The van der Waals surface area contributed by atoms with Gasteiger partial charge in [0.25, 0.3) is 5.91 Å². The molecule has 1 aromatic carbocycles. The number of nitrogens with one attached hydrogen (secondary N) is 1. The first-order chi connectivity index (χ1) is 9.58. The van der Waals surface area contributed by atoms with Gasteiger partial charge in [0.05, 0.1) is 4.34 Å². The smallest absolute Gasteiger partial charge is 0.266 e. The highest BCUT2D eigenvalue weighted by molar-refractivity contribution is 7.17. The topological polar surface area (TPSA) is 73.1 Å². The van der Waals surface area contributed by atoms with Crippen molar-refractivity contribution in [1.82, 2.24) is 0 Å². The van der Waals surface area contributed by atoms with Crippen molar-refractivity contribution in [3.63, 3.8) is 0 Å². The number of nitriles is 1. The van der Waals surface area contributed by atoms with Gasteiger partial charge in [-0.25, -0.2) is 0 Å². The molecule has 20 heavy (non-hydrogen) atoms. The van der Waals surface area contributed by atoms with Gasteiger partial charge in [-0.3, -0.25) is 4.79 Å². The fourth-order valence-electron chi connectivity index (χ4n) is 1.44. The molecular formula is C14H9ClN2O2S. The van der Waals surface area contributed by atoms with Crippen LogP contribution in [0.5, 0.6) is 5.75 Å². The molecule has 0 saturated carbocycles. The molecule has 0 atom stereocenters. The van der Waals surface area contributed by atoms with Gasteiger partial charge in [-0.15, -0.1) is 11.3 Å². The number of nitrogens with zero attached hydrogens (tertiary/aromatic N) is 1. The number of benzene rings is 1. The number of amides is 1. The molecular weight excluding hydrogens is 296 g/mol. The first-order valence-electron chi connectivity index (χ1n) is 5.56. The largest absolute Gasteiger partial charge is 0.508 e. The van der Waals surface area contributed by atoms with E-state index in [0.717, 1.165) is 4.88 Å². The molecule has 2 N–H and O–H groups in total. The Hall–Kier alpha value is -2.29. The van der Waals surface area contributed by atoms with Crippen LogP contribution in [0.4, 0.5) is 5.69 Å². The first kappa shape index (κ1) is 14.1.